The van der Waals surface area contributed by atoms with E-state index in [1.807, 2.05) is 11.9 Å². The fourth-order valence-corrected chi connectivity index (χ4v) is 3.65. The monoisotopic (exact) mass is 293 g/mol. The number of anilines is 2. The largest absolute Gasteiger partial charge is 0.393 e. The number of hydrogen-bond donors (Lipinski definition) is 1. The van der Waals surface area contributed by atoms with Crippen molar-refractivity contribution in [3.8, 4) is 0 Å². The van der Waals surface area contributed by atoms with Crippen LogP contribution in [0.1, 0.15) is 25.7 Å². The molecule has 0 aromatic carbocycles. The van der Waals surface area contributed by atoms with Crippen molar-refractivity contribution in [2.24, 2.45) is 4.99 Å². The summed E-state index contributed by atoms with van der Waals surface area (Å²) < 4.78 is 0. The minimum absolute atomic E-state index is 0.0498. The van der Waals surface area contributed by atoms with Gasteiger partial charge in [-0.2, -0.15) is 4.98 Å². The van der Waals surface area contributed by atoms with Crippen molar-refractivity contribution in [1.82, 2.24) is 9.97 Å². The van der Waals surface area contributed by atoms with Gasteiger partial charge in [0.2, 0.25) is 11.2 Å². The van der Waals surface area contributed by atoms with E-state index in [1.54, 1.807) is 6.20 Å². The molecule has 1 aromatic heterocycles. The first-order chi connectivity index (χ1) is 9.61. The normalized spacial score (nSPS) is 31.6. The second-order valence-electron chi connectivity index (χ2n) is 5.81. The van der Waals surface area contributed by atoms with Gasteiger partial charge in [-0.3, -0.25) is 4.90 Å². The lowest BCUT2D eigenvalue weighted by Crippen LogP contribution is -2.53. The van der Waals surface area contributed by atoms with Crippen LogP contribution in [-0.4, -0.2) is 46.3 Å². The molecule has 0 bridgehead atoms. The molecule has 4 rings (SSSR count). The number of aromatic nitrogens is 2. The number of fused-ring (bicyclic) bond motifs is 4. The minimum atomic E-state index is -0.182. The van der Waals surface area contributed by atoms with Gasteiger partial charge < -0.3 is 10.0 Å². The van der Waals surface area contributed by atoms with Crippen molar-refractivity contribution >= 4 is 29.1 Å². The molecule has 1 N–H and O–H groups in total. The van der Waals surface area contributed by atoms with Crippen LogP contribution >= 0.6 is 11.6 Å². The van der Waals surface area contributed by atoms with Gasteiger partial charge in [0.05, 0.1) is 24.4 Å². The molecule has 1 spiro atoms. The summed E-state index contributed by atoms with van der Waals surface area (Å²) in [6, 6.07) is 0. The summed E-state index contributed by atoms with van der Waals surface area (Å²) >= 11 is 5.96. The third-order valence-corrected chi connectivity index (χ3v) is 4.85. The highest BCUT2D eigenvalue weighted by Gasteiger charge is 2.51. The van der Waals surface area contributed by atoms with E-state index in [9.17, 15) is 5.11 Å². The van der Waals surface area contributed by atoms with E-state index >= 15 is 0 Å². The second kappa shape index (κ2) is 4.05. The Labute approximate surface area is 122 Å². The molecule has 7 heteroatoms. The van der Waals surface area contributed by atoms with E-state index in [0.717, 1.165) is 49.7 Å². The molecular weight excluding hydrogens is 278 g/mol. The Morgan fingerprint density at radius 2 is 2.15 bits per heavy atom. The molecule has 2 aliphatic heterocycles. The number of rotatable bonds is 0. The van der Waals surface area contributed by atoms with E-state index < -0.39 is 0 Å². The number of aliphatic hydroxyl groups excluding tert-OH is 1. The van der Waals surface area contributed by atoms with Crippen LogP contribution in [0, 0.1) is 0 Å². The Morgan fingerprint density at radius 1 is 1.40 bits per heavy atom. The summed E-state index contributed by atoms with van der Waals surface area (Å²) in [5.41, 5.74) is 0.893. The van der Waals surface area contributed by atoms with Crippen molar-refractivity contribution < 1.29 is 5.11 Å². The van der Waals surface area contributed by atoms with Crippen LogP contribution in [0.15, 0.2) is 11.2 Å². The molecule has 3 aliphatic rings. The average Bonchev–Trinajstić information content (AvgIpc) is 2.93. The van der Waals surface area contributed by atoms with E-state index in [4.69, 9.17) is 16.6 Å². The molecule has 0 radical (unpaired) electrons. The standard InChI is InChI=1S/C13H16ClN5O/c1-18-9-6-15-11(14)17-10(9)19-12(18)16-7-13(19)4-2-8(20)3-5-13/h6,8,20H,2-5,7H2,1H3. The van der Waals surface area contributed by atoms with Crippen molar-refractivity contribution in [3.63, 3.8) is 0 Å². The van der Waals surface area contributed by atoms with Gasteiger partial charge in [-0.15, -0.1) is 0 Å². The lowest BCUT2D eigenvalue weighted by molar-refractivity contribution is 0.102. The van der Waals surface area contributed by atoms with E-state index in [-0.39, 0.29) is 16.9 Å². The highest BCUT2D eigenvalue weighted by atomic mass is 35.5. The zero-order chi connectivity index (χ0) is 13.9. The minimum Gasteiger partial charge on any atom is -0.393 e. The lowest BCUT2D eigenvalue weighted by atomic mass is 9.80. The summed E-state index contributed by atoms with van der Waals surface area (Å²) in [7, 11) is 1.98. The van der Waals surface area contributed by atoms with Gasteiger partial charge >= 0.3 is 0 Å². The van der Waals surface area contributed by atoms with Gasteiger partial charge in [-0.25, -0.2) is 9.98 Å². The van der Waals surface area contributed by atoms with Gasteiger partial charge in [0, 0.05) is 7.05 Å². The molecule has 1 fully saturated rings. The topological polar surface area (TPSA) is 64.8 Å². The Kier molecular flexibility index (Phi) is 2.50. The summed E-state index contributed by atoms with van der Waals surface area (Å²) in [5.74, 6) is 1.77. The predicted octanol–water partition coefficient (Wildman–Crippen LogP) is 1.43. The smallest absolute Gasteiger partial charge is 0.224 e. The Morgan fingerprint density at radius 3 is 2.90 bits per heavy atom. The molecule has 0 unspecified atom stereocenters. The molecule has 3 heterocycles. The molecule has 1 saturated carbocycles. The molecule has 106 valence electrons. The van der Waals surface area contributed by atoms with Gasteiger partial charge in [-0.1, -0.05) is 0 Å². The molecule has 6 nitrogen and oxygen atoms in total. The van der Waals surface area contributed by atoms with Crippen molar-refractivity contribution in [1.29, 1.82) is 0 Å². The Bertz CT molecular complexity index is 596. The molecule has 1 aromatic rings. The third kappa shape index (κ3) is 1.52. The van der Waals surface area contributed by atoms with Gasteiger partial charge in [0.1, 0.15) is 5.69 Å². The molecule has 0 amide bonds. The maximum absolute atomic E-state index is 9.77. The highest BCUT2D eigenvalue weighted by molar-refractivity contribution is 6.28. The maximum atomic E-state index is 9.77. The Hall–Kier alpha value is -1.40. The quantitative estimate of drug-likeness (QED) is 0.733. The summed E-state index contributed by atoms with van der Waals surface area (Å²) in [5, 5.41) is 10.0. The first-order valence-electron chi connectivity index (χ1n) is 6.90. The number of aliphatic imine (C=N–C) groups is 1. The fraction of sp³-hybridized carbons (Fsp3) is 0.615. The van der Waals surface area contributed by atoms with Crippen LogP contribution in [0.25, 0.3) is 0 Å². The van der Waals surface area contributed by atoms with Crippen molar-refractivity contribution in [3.05, 3.63) is 11.5 Å². The number of halogens is 1. The SMILES string of the molecule is CN1C2=NCC3(CCC(O)CC3)N2c2nc(Cl)ncc21. The summed E-state index contributed by atoms with van der Waals surface area (Å²) in [6.45, 7) is 0.764. The molecule has 20 heavy (non-hydrogen) atoms. The fourth-order valence-electron chi connectivity index (χ4n) is 3.52. The van der Waals surface area contributed by atoms with Crippen LogP contribution in [-0.2, 0) is 0 Å². The predicted molar refractivity (Wildman–Crippen MR) is 77.4 cm³/mol. The highest BCUT2D eigenvalue weighted by Crippen LogP contribution is 2.47. The Balaban J connectivity index is 1.79. The first kappa shape index (κ1) is 12.3. The van der Waals surface area contributed by atoms with Gasteiger partial charge in [0.15, 0.2) is 5.82 Å². The van der Waals surface area contributed by atoms with Crippen LogP contribution < -0.4 is 9.80 Å². The zero-order valence-electron chi connectivity index (χ0n) is 11.3. The van der Waals surface area contributed by atoms with Crippen molar-refractivity contribution in [2.75, 3.05) is 23.4 Å². The number of nitrogens with zero attached hydrogens (tertiary/aromatic N) is 5. The van der Waals surface area contributed by atoms with E-state index in [1.165, 1.54) is 0 Å². The molecule has 1 aliphatic carbocycles. The van der Waals surface area contributed by atoms with Crippen LogP contribution in [0.3, 0.4) is 0 Å². The van der Waals surface area contributed by atoms with Crippen LogP contribution in [0.4, 0.5) is 11.5 Å². The number of hydrogen-bond acceptors (Lipinski definition) is 6. The van der Waals surface area contributed by atoms with Crippen LogP contribution in [0.2, 0.25) is 5.28 Å². The van der Waals surface area contributed by atoms with Gasteiger partial charge in [0.25, 0.3) is 0 Å². The second-order valence-corrected chi connectivity index (χ2v) is 6.15. The van der Waals surface area contributed by atoms with Gasteiger partial charge in [-0.05, 0) is 37.3 Å². The maximum Gasteiger partial charge on any atom is 0.224 e. The molecule has 0 atom stereocenters. The first-order valence-corrected chi connectivity index (χ1v) is 7.28. The van der Waals surface area contributed by atoms with Crippen LogP contribution in [0.5, 0.6) is 0 Å². The number of guanidine groups is 1. The summed E-state index contributed by atoms with van der Waals surface area (Å²) in [6.07, 6.45) is 5.05. The molecule has 0 saturated heterocycles. The van der Waals surface area contributed by atoms with E-state index in [0.29, 0.717) is 0 Å². The third-order valence-electron chi connectivity index (χ3n) is 4.67. The summed E-state index contributed by atoms with van der Waals surface area (Å²) in [4.78, 5) is 17.4. The average molecular weight is 294 g/mol. The van der Waals surface area contributed by atoms with E-state index in [2.05, 4.69) is 14.9 Å². The zero-order valence-corrected chi connectivity index (χ0v) is 12.0. The lowest BCUT2D eigenvalue weighted by Gasteiger charge is -2.41. The molecular formula is C13H16ClN5O. The van der Waals surface area contributed by atoms with Crippen molar-refractivity contribution in [2.45, 2.75) is 37.3 Å². The number of aliphatic hydroxyl groups is 1.